The van der Waals surface area contributed by atoms with E-state index >= 15 is 0 Å². The first-order chi connectivity index (χ1) is 10.2. The van der Waals surface area contributed by atoms with E-state index < -0.39 is 0 Å². The van der Waals surface area contributed by atoms with Crippen LogP contribution in [0, 0.1) is 5.92 Å². The van der Waals surface area contributed by atoms with Gasteiger partial charge >= 0.3 is 0 Å². The molecule has 0 aliphatic heterocycles. The lowest BCUT2D eigenvalue weighted by Crippen LogP contribution is -2.30. The molecule has 2 N–H and O–H groups in total. The Bertz CT molecular complexity index is 510. The minimum atomic E-state index is -0.200. The maximum atomic E-state index is 12.1. The molecular weight excluding hydrogens is 334 g/mol. The normalized spacial score (nSPS) is 22.2. The molecule has 0 unspecified atom stereocenters. The number of hydrogen-bond donors (Lipinski definition) is 2. The van der Waals surface area contributed by atoms with Crippen LogP contribution in [-0.4, -0.2) is 27.5 Å². The molecule has 0 radical (unpaired) electrons. The first-order valence-corrected chi connectivity index (χ1v) is 8.58. The van der Waals surface area contributed by atoms with E-state index in [0.29, 0.717) is 10.5 Å². The molecule has 0 bridgehead atoms. The van der Waals surface area contributed by atoms with Crippen LogP contribution in [-0.2, 0) is 6.54 Å². The average Bonchev–Trinajstić information content (AvgIpc) is 2.49. The van der Waals surface area contributed by atoms with Crippen LogP contribution in [0.4, 0.5) is 5.69 Å². The summed E-state index contributed by atoms with van der Waals surface area (Å²) in [4.78, 5) is 12.1. The Balaban J connectivity index is 1.98. The highest BCUT2D eigenvalue weighted by atomic mass is 79.9. The summed E-state index contributed by atoms with van der Waals surface area (Å²) >= 11 is 3.35. The Morgan fingerprint density at radius 2 is 2.14 bits per heavy atom. The highest BCUT2D eigenvalue weighted by molar-refractivity contribution is 9.10. The van der Waals surface area contributed by atoms with E-state index in [0.717, 1.165) is 24.4 Å². The van der Waals surface area contributed by atoms with E-state index in [-0.39, 0.29) is 18.7 Å². The van der Waals surface area contributed by atoms with Gasteiger partial charge in [0.2, 0.25) is 0 Å². The molecule has 1 fully saturated rings. The summed E-state index contributed by atoms with van der Waals surface area (Å²) < 4.78 is 1.77. The summed E-state index contributed by atoms with van der Waals surface area (Å²) in [6, 6.07) is 0.421. The summed E-state index contributed by atoms with van der Waals surface area (Å²) in [7, 11) is 0. The van der Waals surface area contributed by atoms with Gasteiger partial charge in [0.1, 0.15) is 4.47 Å². The summed E-state index contributed by atoms with van der Waals surface area (Å²) in [6.07, 6.45) is 9.08. The summed E-state index contributed by atoms with van der Waals surface area (Å²) in [5.41, 5.74) is 0.557. The van der Waals surface area contributed by atoms with E-state index in [9.17, 15) is 4.79 Å². The Morgan fingerprint density at radius 1 is 1.43 bits per heavy atom. The molecule has 2 rings (SSSR count). The molecule has 0 aromatic carbocycles. The maximum absolute atomic E-state index is 12.1. The fraction of sp³-hybridized carbons (Fsp3) is 0.733. The van der Waals surface area contributed by atoms with Gasteiger partial charge in [-0.1, -0.05) is 19.8 Å². The van der Waals surface area contributed by atoms with Crippen molar-refractivity contribution in [2.45, 2.75) is 58.0 Å². The van der Waals surface area contributed by atoms with Crippen LogP contribution >= 0.6 is 15.9 Å². The molecule has 6 heteroatoms. The van der Waals surface area contributed by atoms with Crippen molar-refractivity contribution >= 4 is 21.6 Å². The smallest absolute Gasteiger partial charge is 0.283 e. The predicted octanol–water partition coefficient (Wildman–Crippen LogP) is 2.77. The zero-order chi connectivity index (χ0) is 15.2. The fourth-order valence-corrected chi connectivity index (χ4v) is 3.46. The number of anilines is 1. The highest BCUT2D eigenvalue weighted by Crippen LogP contribution is 2.30. The summed E-state index contributed by atoms with van der Waals surface area (Å²) in [5, 5.41) is 16.4. The lowest BCUT2D eigenvalue weighted by atomic mass is 9.83. The number of aliphatic hydroxyl groups excluding tert-OH is 1. The molecule has 0 atom stereocenters. The van der Waals surface area contributed by atoms with Crippen LogP contribution in [0.5, 0.6) is 0 Å². The van der Waals surface area contributed by atoms with E-state index in [4.69, 9.17) is 5.11 Å². The Kier molecular flexibility index (Phi) is 6.23. The van der Waals surface area contributed by atoms with Gasteiger partial charge < -0.3 is 10.4 Å². The van der Waals surface area contributed by atoms with Crippen molar-refractivity contribution in [3.8, 4) is 0 Å². The van der Waals surface area contributed by atoms with Gasteiger partial charge in [-0.15, -0.1) is 0 Å². The molecule has 118 valence electrons. The Hall–Kier alpha value is -0.880. The lowest BCUT2D eigenvalue weighted by molar-refractivity contribution is 0.266. The molecule has 0 saturated heterocycles. The maximum Gasteiger partial charge on any atom is 0.283 e. The molecule has 1 heterocycles. The van der Waals surface area contributed by atoms with Crippen LogP contribution in [0.15, 0.2) is 15.5 Å². The van der Waals surface area contributed by atoms with Gasteiger partial charge in [-0.25, -0.2) is 4.68 Å². The number of halogens is 1. The highest BCUT2D eigenvalue weighted by Gasteiger charge is 2.21. The van der Waals surface area contributed by atoms with Crippen molar-refractivity contribution in [3.05, 3.63) is 21.0 Å². The molecule has 1 aromatic heterocycles. The summed E-state index contributed by atoms with van der Waals surface area (Å²) in [6.45, 7) is 2.38. The first-order valence-electron chi connectivity index (χ1n) is 7.78. The molecule has 1 saturated carbocycles. The average molecular weight is 358 g/mol. The third-order valence-corrected chi connectivity index (χ3v) is 4.97. The molecule has 1 aliphatic rings. The van der Waals surface area contributed by atoms with Crippen LogP contribution in [0.2, 0.25) is 0 Å². The van der Waals surface area contributed by atoms with Crippen molar-refractivity contribution in [1.29, 1.82) is 0 Å². The van der Waals surface area contributed by atoms with Gasteiger partial charge in [0.15, 0.2) is 0 Å². The Labute approximate surface area is 133 Å². The van der Waals surface area contributed by atoms with Crippen LogP contribution in [0.3, 0.4) is 0 Å². The molecule has 1 aliphatic carbocycles. The van der Waals surface area contributed by atoms with Gasteiger partial charge in [-0.3, -0.25) is 4.79 Å². The number of hydrogen-bond acceptors (Lipinski definition) is 4. The zero-order valence-corrected chi connectivity index (χ0v) is 14.1. The third-order valence-electron chi connectivity index (χ3n) is 4.20. The van der Waals surface area contributed by atoms with Crippen molar-refractivity contribution in [1.82, 2.24) is 9.78 Å². The monoisotopic (exact) mass is 357 g/mol. The number of rotatable bonds is 6. The SMILES string of the molecule is CCCC1CCC(Nc2cnn(CCO)c(=O)c2Br)CC1. The molecule has 21 heavy (non-hydrogen) atoms. The molecule has 5 nitrogen and oxygen atoms in total. The molecule has 1 aromatic rings. The topological polar surface area (TPSA) is 67.2 Å². The van der Waals surface area contributed by atoms with Crippen molar-refractivity contribution in [2.75, 3.05) is 11.9 Å². The second kappa shape index (κ2) is 7.94. The van der Waals surface area contributed by atoms with Crippen LogP contribution in [0.1, 0.15) is 45.4 Å². The number of nitrogens with zero attached hydrogens (tertiary/aromatic N) is 2. The van der Waals surface area contributed by atoms with Gasteiger partial charge in [0.25, 0.3) is 5.56 Å². The molecular formula is C15H24BrN3O2. The third kappa shape index (κ3) is 4.30. The second-order valence-electron chi connectivity index (χ2n) is 5.77. The van der Waals surface area contributed by atoms with Gasteiger partial charge in [-0.2, -0.15) is 5.10 Å². The van der Waals surface area contributed by atoms with Crippen LogP contribution < -0.4 is 10.9 Å². The van der Waals surface area contributed by atoms with E-state index in [2.05, 4.69) is 33.3 Å². The van der Waals surface area contributed by atoms with E-state index in [1.165, 1.54) is 30.4 Å². The first kappa shape index (κ1) is 16.5. The minimum Gasteiger partial charge on any atom is -0.394 e. The molecule has 0 amide bonds. The van der Waals surface area contributed by atoms with Crippen LogP contribution in [0.25, 0.3) is 0 Å². The number of aliphatic hydroxyl groups is 1. The Morgan fingerprint density at radius 3 is 2.76 bits per heavy atom. The van der Waals surface area contributed by atoms with E-state index in [1.807, 2.05) is 0 Å². The lowest BCUT2D eigenvalue weighted by Gasteiger charge is -2.29. The van der Waals surface area contributed by atoms with Crippen molar-refractivity contribution in [2.24, 2.45) is 5.92 Å². The van der Waals surface area contributed by atoms with Gasteiger partial charge in [0, 0.05) is 6.04 Å². The van der Waals surface area contributed by atoms with Crippen molar-refractivity contribution in [3.63, 3.8) is 0 Å². The van der Waals surface area contributed by atoms with E-state index in [1.54, 1.807) is 6.20 Å². The van der Waals surface area contributed by atoms with Gasteiger partial charge in [0.05, 0.1) is 25.0 Å². The predicted molar refractivity (Wildman–Crippen MR) is 87.6 cm³/mol. The summed E-state index contributed by atoms with van der Waals surface area (Å²) in [5.74, 6) is 0.868. The van der Waals surface area contributed by atoms with Gasteiger partial charge in [-0.05, 0) is 47.5 Å². The fourth-order valence-electron chi connectivity index (χ4n) is 3.04. The zero-order valence-electron chi connectivity index (χ0n) is 12.5. The minimum absolute atomic E-state index is 0.0897. The molecule has 0 spiro atoms. The standard InChI is InChI=1S/C15H24BrN3O2/c1-2-3-11-4-6-12(7-5-11)18-13-10-17-19(8-9-20)15(21)14(13)16/h10-12,18,20H,2-9H2,1H3. The van der Waals surface area contributed by atoms with Crippen molar-refractivity contribution < 1.29 is 5.11 Å². The second-order valence-corrected chi connectivity index (χ2v) is 6.57. The number of nitrogens with one attached hydrogen (secondary N) is 1. The number of aromatic nitrogens is 2. The quantitative estimate of drug-likeness (QED) is 0.821. The largest absolute Gasteiger partial charge is 0.394 e.